The molecule has 0 aromatic heterocycles. The standard InChI is InChI=1S/C18H26N2O5/c1-4-18(17(23)24)11-14(16(22)19-9-10-21)15(20(18)2)12-5-7-13(25-3)8-6-12/h5-8,14-15,21H,4,9-11H2,1-3H3,(H,19,22)(H,23,24)/t14-,15-,18-/m1/s1. The number of ether oxygens (including phenoxy) is 1. The molecule has 1 heterocycles. The molecular weight excluding hydrogens is 324 g/mol. The van der Waals surface area contributed by atoms with E-state index in [1.807, 2.05) is 19.1 Å². The Bertz CT molecular complexity index is 618. The summed E-state index contributed by atoms with van der Waals surface area (Å²) in [6.07, 6.45) is 0.624. The molecular formula is C18H26N2O5. The third-order valence-electron chi connectivity index (χ3n) is 5.22. The van der Waals surface area contributed by atoms with Crippen LogP contribution in [0.2, 0.25) is 0 Å². The molecule has 7 heteroatoms. The number of carboxylic acids is 1. The van der Waals surface area contributed by atoms with E-state index in [2.05, 4.69) is 5.32 Å². The average Bonchev–Trinajstić information content (AvgIpc) is 2.93. The van der Waals surface area contributed by atoms with Gasteiger partial charge in [-0.25, -0.2) is 0 Å². The van der Waals surface area contributed by atoms with Gasteiger partial charge in [0.15, 0.2) is 0 Å². The molecule has 1 fully saturated rings. The van der Waals surface area contributed by atoms with Crippen molar-refractivity contribution in [2.75, 3.05) is 27.3 Å². The first-order valence-corrected chi connectivity index (χ1v) is 8.40. The number of likely N-dealkylation sites (N-methyl/N-ethyl adjacent to an activating group) is 1. The second kappa shape index (κ2) is 7.84. The van der Waals surface area contributed by atoms with Gasteiger partial charge < -0.3 is 20.3 Å². The highest BCUT2D eigenvalue weighted by molar-refractivity contribution is 5.85. The Labute approximate surface area is 147 Å². The number of hydrogen-bond donors (Lipinski definition) is 3. The van der Waals surface area contributed by atoms with E-state index < -0.39 is 17.4 Å². The van der Waals surface area contributed by atoms with Gasteiger partial charge >= 0.3 is 5.97 Å². The number of hydrogen-bond acceptors (Lipinski definition) is 5. The summed E-state index contributed by atoms with van der Waals surface area (Å²) >= 11 is 0. The van der Waals surface area contributed by atoms with Crippen LogP contribution < -0.4 is 10.1 Å². The van der Waals surface area contributed by atoms with Crippen molar-refractivity contribution in [2.24, 2.45) is 5.92 Å². The maximum absolute atomic E-state index is 12.6. The number of aliphatic carboxylic acids is 1. The topological polar surface area (TPSA) is 99.1 Å². The Kier molecular flexibility index (Phi) is 6.02. The van der Waals surface area contributed by atoms with Crippen LogP contribution in [-0.2, 0) is 9.59 Å². The summed E-state index contributed by atoms with van der Waals surface area (Å²) in [5, 5.41) is 21.5. The Balaban J connectivity index is 2.42. The number of likely N-dealkylation sites (tertiary alicyclic amines) is 1. The highest BCUT2D eigenvalue weighted by Crippen LogP contribution is 2.47. The van der Waals surface area contributed by atoms with Crippen LogP contribution in [0.25, 0.3) is 0 Å². The van der Waals surface area contributed by atoms with Crippen LogP contribution in [0, 0.1) is 5.92 Å². The smallest absolute Gasteiger partial charge is 0.324 e. The zero-order valence-corrected chi connectivity index (χ0v) is 14.9. The Morgan fingerprint density at radius 3 is 2.48 bits per heavy atom. The van der Waals surface area contributed by atoms with Crippen molar-refractivity contribution < 1.29 is 24.5 Å². The number of carbonyl (C=O) groups excluding carboxylic acids is 1. The molecule has 1 aromatic carbocycles. The fraction of sp³-hybridized carbons (Fsp3) is 0.556. The monoisotopic (exact) mass is 350 g/mol. The molecule has 1 saturated heterocycles. The number of nitrogens with zero attached hydrogens (tertiary/aromatic N) is 1. The number of aliphatic hydroxyl groups excluding tert-OH is 1. The van der Waals surface area contributed by atoms with Crippen LogP contribution in [0.1, 0.15) is 31.4 Å². The molecule has 1 aliphatic rings. The fourth-order valence-electron chi connectivity index (χ4n) is 3.74. The van der Waals surface area contributed by atoms with Gasteiger partial charge in [-0.3, -0.25) is 14.5 Å². The average molecular weight is 350 g/mol. The first-order valence-electron chi connectivity index (χ1n) is 8.40. The number of carbonyl (C=O) groups is 2. The zero-order valence-electron chi connectivity index (χ0n) is 14.9. The maximum Gasteiger partial charge on any atom is 0.324 e. The van der Waals surface area contributed by atoms with Gasteiger partial charge in [-0.2, -0.15) is 0 Å². The Hall–Kier alpha value is -2.12. The van der Waals surface area contributed by atoms with Gasteiger partial charge in [-0.15, -0.1) is 0 Å². The maximum atomic E-state index is 12.6. The van der Waals surface area contributed by atoms with Gasteiger partial charge in [0, 0.05) is 12.6 Å². The summed E-state index contributed by atoms with van der Waals surface area (Å²) in [4.78, 5) is 26.4. The normalized spacial score (nSPS) is 26.4. The molecule has 3 N–H and O–H groups in total. The number of amides is 1. The molecule has 0 bridgehead atoms. The third-order valence-corrected chi connectivity index (χ3v) is 5.22. The van der Waals surface area contributed by atoms with E-state index in [9.17, 15) is 14.7 Å². The quantitative estimate of drug-likeness (QED) is 0.679. The van der Waals surface area contributed by atoms with Crippen molar-refractivity contribution in [3.05, 3.63) is 29.8 Å². The van der Waals surface area contributed by atoms with Gasteiger partial charge in [0.25, 0.3) is 0 Å². The van der Waals surface area contributed by atoms with Crippen LogP contribution in [-0.4, -0.2) is 59.8 Å². The van der Waals surface area contributed by atoms with Crippen molar-refractivity contribution in [1.29, 1.82) is 0 Å². The first-order chi connectivity index (χ1) is 11.9. The van der Waals surface area contributed by atoms with Gasteiger partial charge in [0.1, 0.15) is 11.3 Å². The van der Waals surface area contributed by atoms with Gasteiger partial charge in [-0.1, -0.05) is 19.1 Å². The fourth-order valence-corrected chi connectivity index (χ4v) is 3.74. The number of aliphatic hydroxyl groups is 1. The van der Waals surface area contributed by atoms with Crippen molar-refractivity contribution in [3.8, 4) is 5.75 Å². The van der Waals surface area contributed by atoms with Crippen molar-refractivity contribution in [3.63, 3.8) is 0 Å². The summed E-state index contributed by atoms with van der Waals surface area (Å²) < 4.78 is 5.17. The van der Waals surface area contributed by atoms with Crippen molar-refractivity contribution in [1.82, 2.24) is 10.2 Å². The van der Waals surface area contributed by atoms with E-state index in [-0.39, 0.29) is 31.5 Å². The van der Waals surface area contributed by atoms with Gasteiger partial charge in [0.2, 0.25) is 5.91 Å². The van der Waals surface area contributed by atoms with Crippen LogP contribution in [0.5, 0.6) is 5.75 Å². The molecule has 25 heavy (non-hydrogen) atoms. The van der Waals surface area contributed by atoms with Crippen molar-refractivity contribution in [2.45, 2.75) is 31.3 Å². The minimum absolute atomic E-state index is 0.153. The minimum Gasteiger partial charge on any atom is -0.497 e. The van der Waals surface area contributed by atoms with Gasteiger partial charge in [0.05, 0.1) is 19.6 Å². The summed E-state index contributed by atoms with van der Waals surface area (Å²) in [6, 6.07) is 6.97. The first kappa shape index (κ1) is 19.2. The molecule has 0 radical (unpaired) electrons. The predicted octanol–water partition coefficient (Wildman–Crippen LogP) is 1.03. The lowest BCUT2D eigenvalue weighted by Gasteiger charge is -2.34. The van der Waals surface area contributed by atoms with E-state index in [1.165, 1.54) is 0 Å². The second-order valence-corrected chi connectivity index (χ2v) is 6.34. The molecule has 1 aliphatic heterocycles. The van der Waals surface area contributed by atoms with E-state index in [0.717, 1.165) is 5.56 Å². The molecule has 0 unspecified atom stereocenters. The summed E-state index contributed by atoms with van der Waals surface area (Å²) in [5.74, 6) is -0.974. The molecule has 3 atom stereocenters. The van der Waals surface area contributed by atoms with Crippen LogP contribution >= 0.6 is 0 Å². The Morgan fingerprint density at radius 2 is 2.00 bits per heavy atom. The second-order valence-electron chi connectivity index (χ2n) is 6.34. The number of methoxy groups -OCH3 is 1. The lowest BCUT2D eigenvalue weighted by Crippen LogP contribution is -2.48. The van der Waals surface area contributed by atoms with Crippen molar-refractivity contribution >= 4 is 11.9 Å². The van der Waals surface area contributed by atoms with Gasteiger partial charge in [-0.05, 0) is 37.6 Å². The molecule has 1 amide bonds. The van der Waals surface area contributed by atoms with Crippen LogP contribution in [0.4, 0.5) is 0 Å². The summed E-state index contributed by atoms with van der Waals surface area (Å²) in [7, 11) is 3.33. The minimum atomic E-state index is -1.09. The third kappa shape index (κ3) is 3.48. The van der Waals surface area contributed by atoms with E-state index >= 15 is 0 Å². The lowest BCUT2D eigenvalue weighted by molar-refractivity contribution is -0.150. The van der Waals surface area contributed by atoms with Crippen LogP contribution in [0.15, 0.2) is 24.3 Å². The lowest BCUT2D eigenvalue weighted by atomic mass is 9.87. The molecule has 2 rings (SSSR count). The zero-order chi connectivity index (χ0) is 18.6. The van der Waals surface area contributed by atoms with E-state index in [0.29, 0.717) is 12.2 Å². The van der Waals surface area contributed by atoms with Crippen LogP contribution in [0.3, 0.4) is 0 Å². The SMILES string of the molecule is CC[C@]1(C(=O)O)C[C@@H](C(=O)NCCO)[C@@H](c2ccc(OC)cc2)N1C. The Morgan fingerprint density at radius 1 is 1.36 bits per heavy atom. The number of carboxylic acid groups (broad SMARTS) is 1. The van der Waals surface area contributed by atoms with E-state index in [4.69, 9.17) is 9.84 Å². The summed E-state index contributed by atoms with van der Waals surface area (Å²) in [5.41, 5.74) is -0.227. The number of benzene rings is 1. The molecule has 7 nitrogen and oxygen atoms in total. The molecule has 0 saturated carbocycles. The highest BCUT2D eigenvalue weighted by Gasteiger charge is 2.56. The molecule has 0 aliphatic carbocycles. The summed E-state index contributed by atoms with van der Waals surface area (Å²) in [6.45, 7) is 1.82. The molecule has 138 valence electrons. The number of nitrogens with one attached hydrogen (secondary N) is 1. The molecule has 1 aromatic rings. The molecule has 0 spiro atoms. The van der Waals surface area contributed by atoms with E-state index in [1.54, 1.807) is 31.2 Å². The largest absolute Gasteiger partial charge is 0.497 e. The highest BCUT2D eigenvalue weighted by atomic mass is 16.5. The number of rotatable bonds is 7. The predicted molar refractivity (Wildman–Crippen MR) is 92.4 cm³/mol.